The van der Waals surface area contributed by atoms with Gasteiger partial charge in [0.05, 0.1) is 6.04 Å². The Balaban J connectivity index is 2.10. The predicted octanol–water partition coefficient (Wildman–Crippen LogP) is 1.73. The van der Waals surface area contributed by atoms with E-state index in [2.05, 4.69) is 20.5 Å². The molecule has 1 heterocycles. The molecule has 0 saturated carbocycles. The van der Waals surface area contributed by atoms with Gasteiger partial charge in [-0.1, -0.05) is 18.6 Å². The number of amides is 1. The highest BCUT2D eigenvalue weighted by atomic mass is 16.5. The number of azo groups is 1. The number of unbranched alkanes of at least 4 members (excludes halogenated alkanes) is 1. The summed E-state index contributed by atoms with van der Waals surface area (Å²) in [5.74, 6) is -0.425. The van der Waals surface area contributed by atoms with Crippen molar-refractivity contribution in [1.29, 1.82) is 0 Å². The van der Waals surface area contributed by atoms with Crippen LogP contribution in [-0.2, 0) is 9.59 Å². The fourth-order valence-electron chi connectivity index (χ4n) is 2.41. The standard InChI is InChI=1S/C20H28N8O3/c1-12(22)19(29)26-17-10-9-15(18(24)25-17)28-27-14-7-2-3-8-16(14)31-20(30)13(23)6-4-5-11-21/h2-3,7-10,12-13H,4-6,11,21-23H2,1H3,(H3,24,25,26,29)/t12-,13-/m0/s1. The van der Waals surface area contributed by atoms with E-state index >= 15 is 0 Å². The number of pyridine rings is 1. The molecule has 0 bridgehead atoms. The number of hydrogen-bond acceptors (Lipinski definition) is 10. The molecular weight excluding hydrogens is 400 g/mol. The Kier molecular flexibility index (Phi) is 9.00. The lowest BCUT2D eigenvalue weighted by Gasteiger charge is -2.12. The van der Waals surface area contributed by atoms with Crippen molar-refractivity contribution in [1.82, 2.24) is 4.98 Å². The van der Waals surface area contributed by atoms with Crippen LogP contribution < -0.4 is 33.0 Å². The topological polar surface area (TPSA) is 197 Å². The summed E-state index contributed by atoms with van der Waals surface area (Å²) in [6.07, 6.45) is 2.00. The summed E-state index contributed by atoms with van der Waals surface area (Å²) in [5.41, 5.74) is 23.3. The van der Waals surface area contributed by atoms with Crippen LogP contribution in [0.25, 0.3) is 0 Å². The molecule has 0 aliphatic heterocycles. The molecule has 1 amide bonds. The second kappa shape index (κ2) is 11.7. The van der Waals surface area contributed by atoms with Gasteiger partial charge in [-0.25, -0.2) is 9.78 Å². The van der Waals surface area contributed by atoms with Crippen LogP contribution in [0.1, 0.15) is 26.2 Å². The average molecular weight is 428 g/mol. The maximum absolute atomic E-state index is 12.2. The van der Waals surface area contributed by atoms with Crippen molar-refractivity contribution in [2.24, 2.45) is 27.4 Å². The van der Waals surface area contributed by atoms with Gasteiger partial charge >= 0.3 is 5.97 Å². The first kappa shape index (κ1) is 23.9. The molecule has 0 aliphatic carbocycles. The van der Waals surface area contributed by atoms with Crippen LogP contribution in [-0.4, -0.2) is 35.5 Å². The van der Waals surface area contributed by atoms with Gasteiger partial charge in [0.15, 0.2) is 11.6 Å². The maximum Gasteiger partial charge on any atom is 0.328 e. The van der Waals surface area contributed by atoms with Gasteiger partial charge in [-0.2, -0.15) is 0 Å². The number of rotatable bonds is 10. The first-order valence-corrected chi connectivity index (χ1v) is 9.83. The SMILES string of the molecule is C[C@H](N)C(=O)Nc1ccc(N=Nc2ccccc2OC(=O)[C@@H](N)CCCCN)c(N)n1. The monoisotopic (exact) mass is 428 g/mol. The molecule has 9 N–H and O–H groups in total. The Morgan fingerprint density at radius 3 is 2.48 bits per heavy atom. The van der Waals surface area contributed by atoms with Crippen LogP contribution >= 0.6 is 0 Å². The number of esters is 1. The number of para-hydroxylation sites is 1. The molecule has 31 heavy (non-hydrogen) atoms. The number of carbonyl (C=O) groups excluding carboxylic acids is 2. The fraction of sp³-hybridized carbons (Fsp3) is 0.350. The summed E-state index contributed by atoms with van der Waals surface area (Å²) < 4.78 is 5.39. The molecule has 11 heteroatoms. The van der Waals surface area contributed by atoms with Gasteiger partial charge in [0.25, 0.3) is 0 Å². The number of carbonyl (C=O) groups is 2. The van der Waals surface area contributed by atoms with Crippen molar-refractivity contribution in [3.05, 3.63) is 36.4 Å². The molecule has 0 unspecified atom stereocenters. The molecule has 2 rings (SSSR count). The lowest BCUT2D eigenvalue weighted by atomic mass is 10.1. The predicted molar refractivity (Wildman–Crippen MR) is 118 cm³/mol. The van der Waals surface area contributed by atoms with E-state index in [0.29, 0.717) is 18.7 Å². The highest BCUT2D eigenvalue weighted by Crippen LogP contribution is 2.30. The van der Waals surface area contributed by atoms with Crippen molar-refractivity contribution in [3.8, 4) is 5.75 Å². The number of ether oxygens (including phenoxy) is 1. The highest BCUT2D eigenvalue weighted by Gasteiger charge is 2.17. The number of hydrogen-bond donors (Lipinski definition) is 5. The fourth-order valence-corrected chi connectivity index (χ4v) is 2.41. The summed E-state index contributed by atoms with van der Waals surface area (Å²) >= 11 is 0. The van der Waals surface area contributed by atoms with Crippen LogP contribution in [0.15, 0.2) is 46.6 Å². The Hall–Kier alpha value is -3.41. The van der Waals surface area contributed by atoms with E-state index in [1.807, 2.05) is 0 Å². The molecule has 2 aromatic rings. The van der Waals surface area contributed by atoms with Crippen molar-refractivity contribution in [2.75, 3.05) is 17.6 Å². The van der Waals surface area contributed by atoms with Crippen LogP contribution in [0.5, 0.6) is 5.75 Å². The molecule has 0 spiro atoms. The van der Waals surface area contributed by atoms with Gasteiger partial charge in [0.1, 0.15) is 23.2 Å². The molecule has 0 saturated heterocycles. The van der Waals surface area contributed by atoms with Gasteiger partial charge in [-0.05, 0) is 50.6 Å². The highest BCUT2D eigenvalue weighted by molar-refractivity contribution is 5.93. The zero-order valence-electron chi connectivity index (χ0n) is 17.3. The number of nitrogen functional groups attached to an aromatic ring is 1. The van der Waals surface area contributed by atoms with E-state index in [4.69, 9.17) is 27.7 Å². The summed E-state index contributed by atoms with van der Waals surface area (Å²) in [4.78, 5) is 28.0. The third-order valence-corrected chi connectivity index (χ3v) is 4.18. The van der Waals surface area contributed by atoms with E-state index in [1.165, 1.54) is 6.07 Å². The zero-order valence-corrected chi connectivity index (χ0v) is 17.3. The first-order chi connectivity index (χ1) is 14.8. The van der Waals surface area contributed by atoms with Crippen molar-refractivity contribution in [3.63, 3.8) is 0 Å². The number of nitrogens with one attached hydrogen (secondary N) is 1. The quantitative estimate of drug-likeness (QED) is 0.163. The van der Waals surface area contributed by atoms with Crippen molar-refractivity contribution in [2.45, 2.75) is 38.3 Å². The largest absolute Gasteiger partial charge is 0.423 e. The van der Waals surface area contributed by atoms with Crippen molar-refractivity contribution >= 4 is 34.9 Å². The Morgan fingerprint density at radius 2 is 1.81 bits per heavy atom. The second-order valence-corrected chi connectivity index (χ2v) is 6.86. The zero-order chi connectivity index (χ0) is 22.8. The first-order valence-electron chi connectivity index (χ1n) is 9.83. The number of nitrogens with two attached hydrogens (primary N) is 4. The van der Waals surface area contributed by atoms with Crippen LogP contribution in [0, 0.1) is 0 Å². The van der Waals surface area contributed by atoms with Gasteiger partial charge in [0.2, 0.25) is 5.91 Å². The summed E-state index contributed by atoms with van der Waals surface area (Å²) in [7, 11) is 0. The second-order valence-electron chi connectivity index (χ2n) is 6.86. The Bertz CT molecular complexity index is 932. The van der Waals surface area contributed by atoms with Crippen LogP contribution in [0.3, 0.4) is 0 Å². The van der Waals surface area contributed by atoms with E-state index in [9.17, 15) is 9.59 Å². The Labute approximate surface area is 180 Å². The maximum atomic E-state index is 12.2. The molecule has 2 atom stereocenters. The smallest absolute Gasteiger partial charge is 0.328 e. The minimum Gasteiger partial charge on any atom is -0.423 e. The average Bonchev–Trinajstić information content (AvgIpc) is 2.74. The Morgan fingerprint density at radius 1 is 1.10 bits per heavy atom. The minimum absolute atomic E-state index is 0.0580. The molecule has 11 nitrogen and oxygen atoms in total. The third-order valence-electron chi connectivity index (χ3n) is 4.18. The van der Waals surface area contributed by atoms with Gasteiger partial charge in [0, 0.05) is 0 Å². The lowest BCUT2D eigenvalue weighted by Crippen LogP contribution is -2.34. The normalized spacial score (nSPS) is 13.0. The summed E-state index contributed by atoms with van der Waals surface area (Å²) in [6.45, 7) is 2.10. The third kappa shape index (κ3) is 7.41. The molecule has 166 valence electrons. The van der Waals surface area contributed by atoms with Gasteiger partial charge < -0.3 is 33.0 Å². The van der Waals surface area contributed by atoms with E-state index in [-0.39, 0.29) is 23.1 Å². The van der Waals surface area contributed by atoms with Gasteiger partial charge in [-0.15, -0.1) is 10.2 Å². The van der Waals surface area contributed by atoms with E-state index in [0.717, 1.165) is 12.8 Å². The molecule has 0 aliphatic rings. The van der Waals surface area contributed by atoms with E-state index in [1.54, 1.807) is 37.3 Å². The number of nitrogens with zero attached hydrogens (tertiary/aromatic N) is 3. The molecular formula is C20H28N8O3. The lowest BCUT2D eigenvalue weighted by molar-refractivity contribution is -0.136. The number of anilines is 2. The molecule has 1 aromatic heterocycles. The van der Waals surface area contributed by atoms with Crippen LogP contribution in [0.4, 0.5) is 23.0 Å². The summed E-state index contributed by atoms with van der Waals surface area (Å²) in [5, 5.41) is 10.7. The van der Waals surface area contributed by atoms with Crippen LogP contribution in [0.2, 0.25) is 0 Å². The number of benzene rings is 1. The van der Waals surface area contributed by atoms with E-state index < -0.39 is 24.0 Å². The number of aromatic nitrogens is 1. The molecule has 0 fully saturated rings. The van der Waals surface area contributed by atoms with Gasteiger partial charge in [-0.3, -0.25) is 4.79 Å². The minimum atomic E-state index is -0.754. The van der Waals surface area contributed by atoms with Crippen molar-refractivity contribution < 1.29 is 14.3 Å². The molecule has 1 aromatic carbocycles. The molecule has 0 radical (unpaired) electrons. The summed E-state index contributed by atoms with van der Waals surface area (Å²) in [6, 6.07) is 8.28.